The van der Waals surface area contributed by atoms with Crippen LogP contribution in [0.15, 0.2) is 48.5 Å². The average molecular weight is 417 g/mol. The highest BCUT2D eigenvalue weighted by Gasteiger charge is 2.26. The Morgan fingerprint density at radius 2 is 1.58 bits per heavy atom. The van der Waals surface area contributed by atoms with Crippen molar-refractivity contribution in [3.63, 3.8) is 0 Å². The molecule has 0 aromatic heterocycles. The van der Waals surface area contributed by atoms with Crippen LogP contribution in [0.5, 0.6) is 0 Å². The molecule has 1 heterocycles. The SMILES string of the molecule is CC(c1ccc(Cl)cc1)N1CCN(C(=O)c2ccccc2N)CC1.Cl.Cl. The number of halogens is 3. The first-order valence-electron chi connectivity index (χ1n) is 8.19. The third kappa shape index (κ3) is 5.04. The van der Waals surface area contributed by atoms with Gasteiger partial charge in [-0.25, -0.2) is 0 Å². The Balaban J connectivity index is 0.00000169. The predicted molar refractivity (Wildman–Crippen MR) is 113 cm³/mol. The van der Waals surface area contributed by atoms with E-state index in [1.165, 1.54) is 5.56 Å². The molecule has 26 heavy (non-hydrogen) atoms. The second-order valence-corrected chi connectivity index (χ2v) is 6.58. The zero-order valence-electron chi connectivity index (χ0n) is 14.6. The number of benzene rings is 2. The molecular weight excluding hydrogens is 393 g/mol. The van der Waals surface area contributed by atoms with Crippen molar-refractivity contribution in [1.29, 1.82) is 0 Å². The zero-order chi connectivity index (χ0) is 17.1. The standard InChI is InChI=1S/C19H22ClN3O.2ClH/c1-14(15-6-8-16(20)9-7-15)22-10-12-23(13-11-22)19(24)17-4-2-3-5-18(17)21;;/h2-9,14H,10-13,21H2,1H3;2*1H. The quantitative estimate of drug-likeness (QED) is 0.760. The molecule has 142 valence electrons. The van der Waals surface area contributed by atoms with Crippen molar-refractivity contribution in [3.8, 4) is 0 Å². The number of carbonyl (C=O) groups is 1. The number of hydrogen-bond donors (Lipinski definition) is 1. The van der Waals surface area contributed by atoms with Gasteiger partial charge in [-0.1, -0.05) is 35.9 Å². The predicted octanol–water partition coefficient (Wildman–Crippen LogP) is 4.28. The molecule has 4 nitrogen and oxygen atoms in total. The molecule has 0 aliphatic carbocycles. The van der Waals surface area contributed by atoms with Crippen LogP contribution in [-0.4, -0.2) is 41.9 Å². The van der Waals surface area contributed by atoms with E-state index in [9.17, 15) is 4.79 Å². The molecule has 2 N–H and O–H groups in total. The Kier molecular flexibility index (Phi) is 8.71. The van der Waals surface area contributed by atoms with Gasteiger partial charge in [-0.3, -0.25) is 9.69 Å². The topological polar surface area (TPSA) is 49.6 Å². The van der Waals surface area contributed by atoms with Crippen molar-refractivity contribution in [2.24, 2.45) is 0 Å². The maximum atomic E-state index is 12.6. The monoisotopic (exact) mass is 415 g/mol. The molecule has 0 spiro atoms. The molecule has 1 fully saturated rings. The van der Waals surface area contributed by atoms with Crippen LogP contribution in [0, 0.1) is 0 Å². The van der Waals surface area contributed by atoms with Gasteiger partial charge in [0.2, 0.25) is 0 Å². The number of amides is 1. The molecule has 2 aromatic rings. The van der Waals surface area contributed by atoms with Gasteiger partial charge in [0.15, 0.2) is 0 Å². The molecule has 1 aliphatic rings. The van der Waals surface area contributed by atoms with Gasteiger partial charge in [0.05, 0.1) is 5.56 Å². The summed E-state index contributed by atoms with van der Waals surface area (Å²) < 4.78 is 0. The molecule has 0 bridgehead atoms. The van der Waals surface area contributed by atoms with Gasteiger partial charge in [-0.2, -0.15) is 0 Å². The highest BCUT2D eigenvalue weighted by atomic mass is 35.5. The fourth-order valence-corrected chi connectivity index (χ4v) is 3.25. The lowest BCUT2D eigenvalue weighted by atomic mass is 10.1. The fraction of sp³-hybridized carbons (Fsp3) is 0.316. The maximum Gasteiger partial charge on any atom is 0.256 e. The van der Waals surface area contributed by atoms with E-state index >= 15 is 0 Å². The smallest absolute Gasteiger partial charge is 0.256 e. The van der Waals surface area contributed by atoms with Crippen LogP contribution in [0.1, 0.15) is 28.9 Å². The molecule has 0 radical (unpaired) electrons. The third-order valence-electron chi connectivity index (χ3n) is 4.69. The number of nitrogen functional groups attached to an aromatic ring is 1. The second kappa shape index (κ2) is 10.0. The summed E-state index contributed by atoms with van der Waals surface area (Å²) in [6.07, 6.45) is 0. The highest BCUT2D eigenvalue weighted by Crippen LogP contribution is 2.24. The molecule has 3 rings (SSSR count). The zero-order valence-corrected chi connectivity index (χ0v) is 17.0. The van der Waals surface area contributed by atoms with Gasteiger partial charge >= 0.3 is 0 Å². The van der Waals surface area contributed by atoms with Gasteiger partial charge in [0.25, 0.3) is 5.91 Å². The van der Waals surface area contributed by atoms with Gasteiger partial charge in [-0.15, -0.1) is 24.8 Å². The first-order chi connectivity index (χ1) is 11.6. The number of nitrogens with zero attached hydrogens (tertiary/aromatic N) is 2. The van der Waals surface area contributed by atoms with Crippen LogP contribution >= 0.6 is 36.4 Å². The molecule has 1 aliphatic heterocycles. The van der Waals surface area contributed by atoms with Crippen LogP contribution in [0.4, 0.5) is 5.69 Å². The lowest BCUT2D eigenvalue weighted by Gasteiger charge is -2.38. The lowest BCUT2D eigenvalue weighted by molar-refractivity contribution is 0.0583. The number of piperazine rings is 1. The van der Waals surface area contributed by atoms with Gasteiger partial charge in [0, 0.05) is 42.9 Å². The largest absolute Gasteiger partial charge is 0.398 e. The van der Waals surface area contributed by atoms with E-state index < -0.39 is 0 Å². The normalized spacial score (nSPS) is 15.5. The minimum absolute atomic E-state index is 0. The molecule has 1 amide bonds. The van der Waals surface area contributed by atoms with E-state index in [0.29, 0.717) is 30.4 Å². The van der Waals surface area contributed by atoms with Crippen LogP contribution < -0.4 is 5.73 Å². The van der Waals surface area contributed by atoms with Crippen molar-refractivity contribution in [1.82, 2.24) is 9.80 Å². The van der Waals surface area contributed by atoms with E-state index in [1.807, 2.05) is 29.2 Å². The van der Waals surface area contributed by atoms with Gasteiger partial charge < -0.3 is 10.6 Å². The number of para-hydroxylation sites is 1. The average Bonchev–Trinajstić information content (AvgIpc) is 2.62. The Morgan fingerprint density at radius 1 is 1.00 bits per heavy atom. The molecule has 1 saturated heterocycles. The summed E-state index contributed by atoms with van der Waals surface area (Å²) in [5.41, 5.74) is 8.30. The summed E-state index contributed by atoms with van der Waals surface area (Å²) in [6, 6.07) is 15.5. The Bertz CT molecular complexity index is 716. The molecule has 2 aromatic carbocycles. The van der Waals surface area contributed by atoms with E-state index in [1.54, 1.807) is 12.1 Å². The lowest BCUT2D eigenvalue weighted by Crippen LogP contribution is -2.49. The Hall–Kier alpha value is -1.46. The van der Waals surface area contributed by atoms with E-state index in [-0.39, 0.29) is 30.7 Å². The summed E-state index contributed by atoms with van der Waals surface area (Å²) in [5.74, 6) is 0.0203. The second-order valence-electron chi connectivity index (χ2n) is 6.14. The summed E-state index contributed by atoms with van der Waals surface area (Å²) in [5, 5.41) is 0.752. The van der Waals surface area contributed by atoms with Crippen molar-refractivity contribution in [2.75, 3.05) is 31.9 Å². The number of rotatable bonds is 3. The van der Waals surface area contributed by atoms with E-state index in [2.05, 4.69) is 24.0 Å². The summed E-state index contributed by atoms with van der Waals surface area (Å²) in [4.78, 5) is 16.9. The summed E-state index contributed by atoms with van der Waals surface area (Å²) in [7, 11) is 0. The van der Waals surface area contributed by atoms with Gasteiger partial charge in [0.1, 0.15) is 0 Å². The molecule has 0 saturated carbocycles. The molecular formula is C19H24Cl3N3O. The van der Waals surface area contributed by atoms with Crippen molar-refractivity contribution >= 4 is 48.0 Å². The fourth-order valence-electron chi connectivity index (χ4n) is 3.13. The first-order valence-corrected chi connectivity index (χ1v) is 8.57. The summed E-state index contributed by atoms with van der Waals surface area (Å²) in [6.45, 7) is 5.32. The van der Waals surface area contributed by atoms with Crippen molar-refractivity contribution < 1.29 is 4.79 Å². The maximum absolute atomic E-state index is 12.6. The molecule has 7 heteroatoms. The number of hydrogen-bond acceptors (Lipinski definition) is 3. The number of carbonyl (C=O) groups excluding carboxylic acids is 1. The molecule has 1 unspecified atom stereocenters. The van der Waals surface area contributed by atoms with Crippen LogP contribution in [0.2, 0.25) is 5.02 Å². The minimum atomic E-state index is 0. The van der Waals surface area contributed by atoms with Crippen LogP contribution in [-0.2, 0) is 0 Å². The van der Waals surface area contributed by atoms with Crippen molar-refractivity contribution in [3.05, 3.63) is 64.7 Å². The summed E-state index contributed by atoms with van der Waals surface area (Å²) >= 11 is 5.96. The Labute approximate surface area is 172 Å². The van der Waals surface area contributed by atoms with Crippen molar-refractivity contribution in [2.45, 2.75) is 13.0 Å². The van der Waals surface area contributed by atoms with Crippen LogP contribution in [0.3, 0.4) is 0 Å². The van der Waals surface area contributed by atoms with Gasteiger partial charge in [-0.05, 0) is 36.8 Å². The highest BCUT2D eigenvalue weighted by molar-refractivity contribution is 6.30. The molecule has 1 atom stereocenters. The third-order valence-corrected chi connectivity index (χ3v) is 4.94. The first kappa shape index (κ1) is 22.6. The number of anilines is 1. The van der Waals surface area contributed by atoms with Crippen LogP contribution in [0.25, 0.3) is 0 Å². The minimum Gasteiger partial charge on any atom is -0.398 e. The van der Waals surface area contributed by atoms with E-state index in [0.717, 1.165) is 18.1 Å². The van der Waals surface area contributed by atoms with E-state index in [4.69, 9.17) is 17.3 Å². The Morgan fingerprint density at radius 3 is 2.15 bits per heavy atom. The number of nitrogens with two attached hydrogens (primary N) is 1.